The summed E-state index contributed by atoms with van der Waals surface area (Å²) in [7, 11) is 0. The molecule has 3 aromatic rings. The van der Waals surface area contributed by atoms with Crippen LogP contribution in [0.15, 0.2) is 18.2 Å². The average Bonchev–Trinajstić information content (AvgIpc) is 2.75. The molecule has 0 bridgehead atoms. The highest BCUT2D eigenvalue weighted by Crippen LogP contribution is 2.25. The van der Waals surface area contributed by atoms with Crippen molar-refractivity contribution in [2.24, 2.45) is 0 Å². The summed E-state index contributed by atoms with van der Waals surface area (Å²) < 4.78 is 22.8. The summed E-state index contributed by atoms with van der Waals surface area (Å²) in [5.74, 6) is -2.37. The summed E-state index contributed by atoms with van der Waals surface area (Å²) in [6, 6.07) is 3.79. The molecule has 0 N–H and O–H groups in total. The van der Waals surface area contributed by atoms with Crippen LogP contribution >= 0.6 is 23.2 Å². The molecule has 3 rings (SSSR count). The van der Waals surface area contributed by atoms with Crippen molar-refractivity contribution in [3.8, 4) is 17.8 Å². The van der Waals surface area contributed by atoms with Gasteiger partial charge in [0.05, 0.1) is 9.85 Å². The van der Waals surface area contributed by atoms with E-state index in [0.717, 1.165) is 6.92 Å². The van der Waals surface area contributed by atoms with E-state index in [0.29, 0.717) is 11.3 Å². The molecule has 0 amide bonds. The van der Waals surface area contributed by atoms with Gasteiger partial charge in [0.2, 0.25) is 0 Å². The Balaban J connectivity index is 0.000000336. The Hall–Kier alpha value is -3.99. The van der Waals surface area contributed by atoms with Crippen LogP contribution in [-0.4, -0.2) is 63.0 Å². The lowest BCUT2D eigenvalue weighted by Crippen LogP contribution is -2.36. The second-order valence-electron chi connectivity index (χ2n) is 5.90. The number of nitro benzene ring substituents is 1. The molecule has 2 aromatic heterocycles. The molecule has 2 heterocycles. The number of halogens is 3. The van der Waals surface area contributed by atoms with Crippen molar-refractivity contribution in [1.29, 1.82) is 0 Å². The Labute approximate surface area is 199 Å². The molecule has 0 aliphatic rings. The first-order valence-electron chi connectivity index (χ1n) is 8.33. The highest BCUT2D eigenvalue weighted by molar-refractivity contribution is 6.28. The zero-order valence-corrected chi connectivity index (χ0v) is 18.0. The third kappa shape index (κ3) is 8.51. The smallest absolute Gasteiger partial charge is 0.389 e. The summed E-state index contributed by atoms with van der Waals surface area (Å²) in [6.45, 7) is 1.51. The Morgan fingerprint density at radius 3 is 1.91 bits per heavy atom. The van der Waals surface area contributed by atoms with E-state index in [1.54, 1.807) is 6.92 Å². The molecule has 0 fully saturated rings. The first-order chi connectivity index (χ1) is 15.5. The summed E-state index contributed by atoms with van der Waals surface area (Å²) in [4.78, 5) is 19.2. The minimum atomic E-state index is -2.72. The fourth-order valence-electron chi connectivity index (χ4n) is 1.77. The predicted molar refractivity (Wildman–Crippen MR) is 112 cm³/mol. The van der Waals surface area contributed by atoms with E-state index in [-0.39, 0.29) is 35.7 Å². The Morgan fingerprint density at radius 2 is 1.47 bits per heavy atom. The molecule has 0 radical (unpaired) electrons. The third-order valence-electron chi connectivity index (χ3n) is 3.29. The number of alkyl halides is 1. The van der Waals surface area contributed by atoms with Crippen LogP contribution in [0.4, 0.5) is 10.1 Å². The third-order valence-corrected chi connectivity index (χ3v) is 3.59. The van der Waals surface area contributed by atoms with Gasteiger partial charge in [-0.1, -0.05) is 27.8 Å². The Bertz CT molecular complexity index is 1120. The van der Waals surface area contributed by atoms with Crippen molar-refractivity contribution >= 4 is 28.9 Å². The van der Waals surface area contributed by atoms with E-state index in [2.05, 4.69) is 45.5 Å². The van der Waals surface area contributed by atoms with E-state index in [9.17, 15) is 24.6 Å². The van der Waals surface area contributed by atoms with Crippen molar-refractivity contribution in [1.82, 2.24) is 40.8 Å². The Kier molecular flexibility index (Phi) is 10.1. The molecule has 182 valence electrons. The van der Waals surface area contributed by atoms with Crippen LogP contribution in [0.25, 0.3) is 0 Å². The van der Waals surface area contributed by atoms with Gasteiger partial charge in [-0.15, -0.1) is 20.4 Å². The normalized spacial score (nSPS) is 11.7. The molecule has 0 aliphatic heterocycles. The van der Waals surface area contributed by atoms with Crippen LogP contribution in [0.5, 0.6) is 17.8 Å². The molecule has 1 aromatic carbocycles. The highest BCUT2D eigenvalue weighted by atomic mass is 35.5. The number of hydrogen-bond acceptors (Lipinski definition) is 14. The fourth-order valence-corrected chi connectivity index (χ4v) is 1.92. The lowest BCUT2D eigenvalue weighted by atomic mass is 10.2. The van der Waals surface area contributed by atoms with Crippen molar-refractivity contribution in [2.75, 3.05) is 6.61 Å². The zero-order chi connectivity index (χ0) is 24.6. The van der Waals surface area contributed by atoms with Crippen LogP contribution in [0.3, 0.4) is 0 Å². The molecule has 0 saturated heterocycles. The number of nitrogens with zero attached hydrogens (tertiary/aromatic N) is 10. The maximum absolute atomic E-state index is 13.0. The van der Waals surface area contributed by atoms with Gasteiger partial charge in [0.1, 0.15) is 5.75 Å². The summed E-state index contributed by atoms with van der Waals surface area (Å²) in [6.07, 6.45) is 0. The maximum atomic E-state index is 13.0. The van der Waals surface area contributed by atoms with E-state index in [4.69, 9.17) is 27.9 Å². The fraction of sp³-hybridized carbons (Fsp3) is 0.333. The number of aryl methyl sites for hydroxylation is 1. The standard InChI is InChI=1S/C9H6ClN5O3.C5H5ClFN5O3.CH4/c1-5-4-6(2-3-7(5)15(16)17)18-9-13-11-8(10)12-14-9;1-5(7,12(13)14)2-15-4-10-8-3(6)9-11-4;/h2-4H,1H3;2H2,1H3;1H4. The number of benzene rings is 1. The molecule has 0 spiro atoms. The molecule has 16 nitrogen and oxygen atoms in total. The van der Waals surface area contributed by atoms with Crippen LogP contribution in [0, 0.1) is 27.2 Å². The summed E-state index contributed by atoms with van der Waals surface area (Å²) in [5, 5.41) is 47.5. The molecule has 0 aliphatic carbocycles. The van der Waals surface area contributed by atoms with E-state index in [1.165, 1.54) is 18.2 Å². The summed E-state index contributed by atoms with van der Waals surface area (Å²) >= 11 is 10.7. The topological polar surface area (TPSA) is 208 Å². The highest BCUT2D eigenvalue weighted by Gasteiger charge is 2.38. The second kappa shape index (κ2) is 12.3. The first kappa shape index (κ1) is 28.0. The monoisotopic (exact) mass is 520 g/mol. The van der Waals surface area contributed by atoms with Crippen molar-refractivity contribution in [2.45, 2.75) is 27.1 Å². The molecule has 1 unspecified atom stereocenters. The van der Waals surface area contributed by atoms with Gasteiger partial charge < -0.3 is 9.47 Å². The van der Waals surface area contributed by atoms with E-state index < -0.39 is 22.2 Å². The molecular formula is C15H15Cl2FN10O6. The van der Waals surface area contributed by atoms with E-state index in [1.807, 2.05) is 0 Å². The predicted octanol–water partition coefficient (Wildman–Crippen LogP) is 2.83. The second-order valence-corrected chi connectivity index (χ2v) is 6.57. The number of hydrogen-bond donors (Lipinski definition) is 0. The van der Waals surface area contributed by atoms with Crippen LogP contribution in [-0.2, 0) is 0 Å². The van der Waals surface area contributed by atoms with Gasteiger partial charge in [-0.25, -0.2) is 0 Å². The number of aromatic nitrogens is 8. The number of rotatable bonds is 7. The molecule has 34 heavy (non-hydrogen) atoms. The minimum absolute atomic E-state index is 0. The molecule has 0 saturated carbocycles. The molecule has 1 atom stereocenters. The van der Waals surface area contributed by atoms with Crippen LogP contribution in [0.1, 0.15) is 19.9 Å². The number of ether oxygens (including phenoxy) is 2. The van der Waals surface area contributed by atoms with Gasteiger partial charge in [-0.3, -0.25) is 20.2 Å². The molecular weight excluding hydrogens is 506 g/mol. The maximum Gasteiger partial charge on any atom is 0.389 e. The lowest BCUT2D eigenvalue weighted by molar-refractivity contribution is -0.602. The lowest BCUT2D eigenvalue weighted by Gasteiger charge is -2.10. The average molecular weight is 521 g/mol. The zero-order valence-electron chi connectivity index (χ0n) is 16.5. The first-order valence-corrected chi connectivity index (χ1v) is 9.08. The Morgan fingerprint density at radius 1 is 0.971 bits per heavy atom. The summed E-state index contributed by atoms with van der Waals surface area (Å²) in [5.41, 5.74) is 0.475. The van der Waals surface area contributed by atoms with E-state index >= 15 is 0 Å². The minimum Gasteiger partial charge on any atom is -0.450 e. The van der Waals surface area contributed by atoms with Crippen LogP contribution in [0.2, 0.25) is 10.6 Å². The van der Waals surface area contributed by atoms with Gasteiger partial charge in [0.25, 0.3) is 16.3 Å². The van der Waals surface area contributed by atoms with Gasteiger partial charge >= 0.3 is 17.8 Å². The van der Waals surface area contributed by atoms with Crippen LogP contribution < -0.4 is 9.47 Å². The number of nitro groups is 2. The van der Waals surface area contributed by atoms with Crippen molar-refractivity contribution in [3.05, 3.63) is 54.6 Å². The van der Waals surface area contributed by atoms with Crippen molar-refractivity contribution < 1.29 is 23.7 Å². The largest absolute Gasteiger partial charge is 0.450 e. The van der Waals surface area contributed by atoms with Gasteiger partial charge in [-0.2, -0.15) is 4.39 Å². The quantitative estimate of drug-likeness (QED) is 0.249. The van der Waals surface area contributed by atoms with Crippen molar-refractivity contribution in [3.63, 3.8) is 0 Å². The van der Waals surface area contributed by atoms with Gasteiger partial charge in [-0.05, 0) is 42.3 Å². The molecule has 19 heteroatoms. The van der Waals surface area contributed by atoms with Gasteiger partial charge in [0.15, 0.2) is 6.61 Å². The SMILES string of the molecule is C.CC(F)(COc1nnc(Cl)nn1)[N+](=O)[O-].Cc1cc(Oc2nnc(Cl)nn2)ccc1[N+](=O)[O-]. The van der Waals surface area contributed by atoms with Gasteiger partial charge in [0, 0.05) is 18.6 Å².